The Kier molecular flexibility index (Phi) is 7.93. The number of ether oxygens (including phenoxy) is 2. The fourth-order valence-corrected chi connectivity index (χ4v) is 4.49. The summed E-state index contributed by atoms with van der Waals surface area (Å²) in [4.78, 5) is 0. The van der Waals surface area contributed by atoms with E-state index in [-0.39, 0.29) is 11.6 Å². The van der Waals surface area contributed by atoms with Crippen LogP contribution in [0.25, 0.3) is 0 Å². The summed E-state index contributed by atoms with van der Waals surface area (Å²) >= 11 is 0. The number of halogens is 2. The normalized spacial score (nSPS) is 10.8. The van der Waals surface area contributed by atoms with Gasteiger partial charge in [0.25, 0.3) is 0 Å². The van der Waals surface area contributed by atoms with E-state index < -0.39 is 0 Å². The van der Waals surface area contributed by atoms with Crippen molar-refractivity contribution in [3.05, 3.63) is 172 Å². The Hall–Kier alpha value is -4.57. The highest BCUT2D eigenvalue weighted by Gasteiger charge is 2.29. The first-order valence-electron chi connectivity index (χ1n) is 12.9. The largest absolute Gasteiger partial charge is 0.483 e. The van der Waals surface area contributed by atoms with Crippen molar-refractivity contribution in [2.75, 3.05) is 0 Å². The van der Waals surface area contributed by atoms with Gasteiger partial charge in [-0.1, -0.05) is 41.5 Å². The number of rotatable bonds is 9. The third-order valence-corrected chi connectivity index (χ3v) is 6.58. The van der Waals surface area contributed by atoms with Crippen molar-refractivity contribution in [1.82, 2.24) is 0 Å². The molecule has 0 heterocycles. The van der Waals surface area contributed by atoms with Crippen LogP contribution in [0.3, 0.4) is 0 Å². The minimum Gasteiger partial charge on any atom is -0.483 e. The molecule has 0 aliphatic rings. The summed E-state index contributed by atoms with van der Waals surface area (Å²) in [7, 11) is 0. The maximum atomic E-state index is 13.9. The van der Waals surface area contributed by atoms with E-state index in [0.717, 1.165) is 56.4 Å². The molecule has 0 spiro atoms. The molecule has 0 radical (unpaired) electrons. The standard InChI is InChI=1S/C35H29F2O2/c1-24-6-18-32(19-7-24)38-22-28-4-3-5-29(23-39-33-20-8-25(2)9-21-33)35(28)34(26-10-14-30(36)15-11-26)27-12-16-31(37)17-13-27/h3-21H,22-23H2,1-2H3/q+1. The Morgan fingerprint density at radius 1 is 0.513 bits per heavy atom. The first kappa shape index (κ1) is 26.1. The first-order chi connectivity index (χ1) is 19.0. The molecule has 194 valence electrons. The van der Waals surface area contributed by atoms with E-state index in [1.807, 2.05) is 80.6 Å². The van der Waals surface area contributed by atoms with Crippen LogP contribution in [0.4, 0.5) is 8.78 Å². The quantitative estimate of drug-likeness (QED) is 0.143. The van der Waals surface area contributed by atoms with Gasteiger partial charge in [0.05, 0.1) is 22.6 Å². The molecule has 0 fully saturated rings. The molecular formula is C35H29F2O2+. The first-order valence-corrected chi connectivity index (χ1v) is 12.9. The van der Waals surface area contributed by atoms with E-state index in [1.54, 1.807) is 24.3 Å². The van der Waals surface area contributed by atoms with Gasteiger partial charge in [0, 0.05) is 11.1 Å². The molecule has 0 saturated carbocycles. The molecule has 0 unspecified atom stereocenters. The smallest absolute Gasteiger partial charge is 0.134 e. The zero-order valence-electron chi connectivity index (χ0n) is 22.0. The lowest BCUT2D eigenvalue weighted by Crippen LogP contribution is -2.14. The lowest BCUT2D eigenvalue weighted by molar-refractivity contribution is 0.298. The van der Waals surface area contributed by atoms with E-state index in [2.05, 4.69) is 0 Å². The maximum absolute atomic E-state index is 13.9. The van der Waals surface area contributed by atoms with Gasteiger partial charge in [-0.15, -0.1) is 0 Å². The maximum Gasteiger partial charge on any atom is 0.134 e. The van der Waals surface area contributed by atoms with E-state index in [0.29, 0.717) is 13.2 Å². The highest BCUT2D eigenvalue weighted by atomic mass is 19.1. The fourth-order valence-electron chi connectivity index (χ4n) is 4.49. The zero-order chi connectivity index (χ0) is 27.2. The minimum atomic E-state index is -0.323. The van der Waals surface area contributed by atoms with Crippen LogP contribution in [0.5, 0.6) is 11.5 Å². The molecule has 0 saturated heterocycles. The number of benzene rings is 5. The predicted octanol–water partition coefficient (Wildman–Crippen LogP) is 8.76. The second kappa shape index (κ2) is 11.9. The highest BCUT2D eigenvalue weighted by molar-refractivity contribution is 5.62. The van der Waals surface area contributed by atoms with Gasteiger partial charge in [0.1, 0.15) is 36.3 Å². The monoisotopic (exact) mass is 519 g/mol. The molecule has 5 aromatic rings. The summed E-state index contributed by atoms with van der Waals surface area (Å²) in [6.07, 6.45) is 0. The van der Waals surface area contributed by atoms with Crippen molar-refractivity contribution in [2.24, 2.45) is 0 Å². The Labute approximate surface area is 228 Å². The lowest BCUT2D eigenvalue weighted by atomic mass is 9.80. The molecule has 39 heavy (non-hydrogen) atoms. The van der Waals surface area contributed by atoms with Gasteiger partial charge < -0.3 is 9.47 Å². The van der Waals surface area contributed by atoms with Crippen molar-refractivity contribution >= 4 is 0 Å². The molecule has 0 bridgehead atoms. The van der Waals surface area contributed by atoms with Crippen molar-refractivity contribution in [1.29, 1.82) is 0 Å². The third kappa shape index (κ3) is 6.47. The zero-order valence-corrected chi connectivity index (χ0v) is 22.0. The molecule has 4 heteroatoms. The van der Waals surface area contributed by atoms with Crippen LogP contribution >= 0.6 is 0 Å². The molecule has 0 atom stereocenters. The molecule has 5 rings (SSSR count). The average molecular weight is 520 g/mol. The van der Waals surface area contributed by atoms with Gasteiger partial charge in [-0.25, -0.2) is 8.78 Å². The highest BCUT2D eigenvalue weighted by Crippen LogP contribution is 2.36. The Balaban J connectivity index is 1.59. The van der Waals surface area contributed by atoms with Crippen molar-refractivity contribution in [2.45, 2.75) is 27.1 Å². The van der Waals surface area contributed by atoms with E-state index in [1.165, 1.54) is 24.3 Å². The SMILES string of the molecule is Cc1ccc(OCc2cccc(COc3ccc(C)cc3)c2[C+](c2ccc(F)cc2)c2ccc(F)cc2)cc1. The number of hydrogen-bond donors (Lipinski definition) is 0. The van der Waals surface area contributed by atoms with Crippen molar-refractivity contribution in [3.8, 4) is 11.5 Å². The van der Waals surface area contributed by atoms with E-state index in [9.17, 15) is 8.78 Å². The van der Waals surface area contributed by atoms with E-state index in [4.69, 9.17) is 9.47 Å². The van der Waals surface area contributed by atoms with Crippen molar-refractivity contribution in [3.63, 3.8) is 0 Å². The molecule has 0 amide bonds. The third-order valence-electron chi connectivity index (χ3n) is 6.58. The predicted molar refractivity (Wildman–Crippen MR) is 151 cm³/mol. The topological polar surface area (TPSA) is 18.5 Å². The molecule has 0 aliphatic heterocycles. The molecule has 0 aromatic heterocycles. The second-order valence-corrected chi connectivity index (χ2v) is 9.54. The number of aryl methyl sites for hydroxylation is 2. The van der Waals surface area contributed by atoms with Gasteiger partial charge in [-0.2, -0.15) is 0 Å². The van der Waals surface area contributed by atoms with Crippen LogP contribution in [0, 0.1) is 31.4 Å². The van der Waals surface area contributed by atoms with Crippen LogP contribution < -0.4 is 9.47 Å². The summed E-state index contributed by atoms with van der Waals surface area (Å²) in [5, 5.41) is 0. The second-order valence-electron chi connectivity index (χ2n) is 9.54. The van der Waals surface area contributed by atoms with Crippen LogP contribution in [0.15, 0.2) is 115 Å². The summed E-state index contributed by atoms with van der Waals surface area (Å²) in [6.45, 7) is 4.68. The minimum absolute atomic E-state index is 0.308. The summed E-state index contributed by atoms with van der Waals surface area (Å²) in [5.41, 5.74) is 6.70. The van der Waals surface area contributed by atoms with Gasteiger partial charge in [0.15, 0.2) is 0 Å². The molecule has 0 aliphatic carbocycles. The number of hydrogen-bond acceptors (Lipinski definition) is 2. The Bertz CT molecular complexity index is 1390. The molecular weight excluding hydrogens is 490 g/mol. The summed E-state index contributed by atoms with van der Waals surface area (Å²) < 4.78 is 40.3. The average Bonchev–Trinajstić information content (AvgIpc) is 2.95. The van der Waals surface area contributed by atoms with Crippen molar-refractivity contribution < 1.29 is 18.3 Å². The van der Waals surface area contributed by atoms with Gasteiger partial charge in [-0.05, 0) is 98.8 Å². The fraction of sp³-hybridized carbons (Fsp3) is 0.114. The van der Waals surface area contributed by atoms with Gasteiger partial charge in [-0.3, -0.25) is 0 Å². The van der Waals surface area contributed by atoms with E-state index >= 15 is 0 Å². The molecule has 5 aromatic carbocycles. The molecule has 2 nitrogen and oxygen atoms in total. The molecule has 0 N–H and O–H groups in total. The van der Waals surface area contributed by atoms with Gasteiger partial charge >= 0.3 is 0 Å². The lowest BCUT2D eigenvalue weighted by Gasteiger charge is -2.20. The summed E-state index contributed by atoms with van der Waals surface area (Å²) in [5.74, 6) is 1.73. The van der Waals surface area contributed by atoms with Crippen LogP contribution in [-0.4, -0.2) is 0 Å². The summed E-state index contributed by atoms with van der Waals surface area (Å²) in [6, 6.07) is 34.6. The van der Waals surface area contributed by atoms with Crippen LogP contribution in [0.1, 0.15) is 38.9 Å². The Morgan fingerprint density at radius 3 is 1.28 bits per heavy atom. The van der Waals surface area contributed by atoms with Gasteiger partial charge in [0.2, 0.25) is 0 Å². The van der Waals surface area contributed by atoms with Crippen LogP contribution in [0.2, 0.25) is 0 Å². The Morgan fingerprint density at radius 2 is 0.897 bits per heavy atom. The van der Waals surface area contributed by atoms with Crippen LogP contribution in [-0.2, 0) is 13.2 Å².